The molecule has 0 heterocycles. The molecule has 2 rings (SSSR count). The van der Waals surface area contributed by atoms with Gasteiger partial charge in [0.15, 0.2) is 5.11 Å². The first-order valence-corrected chi connectivity index (χ1v) is 8.01. The summed E-state index contributed by atoms with van der Waals surface area (Å²) in [7, 11) is 0. The lowest BCUT2D eigenvalue weighted by Gasteiger charge is -2.22. The quantitative estimate of drug-likeness (QED) is 0.442. The van der Waals surface area contributed by atoms with Crippen LogP contribution in [0.25, 0.3) is 0 Å². The van der Waals surface area contributed by atoms with Crippen LogP contribution in [0.15, 0.2) is 23.2 Å². The second-order valence-electron chi connectivity index (χ2n) is 5.34. The summed E-state index contributed by atoms with van der Waals surface area (Å²) >= 11 is 11.4. The van der Waals surface area contributed by atoms with Crippen LogP contribution < -0.4 is 16.4 Å². The molecule has 0 atom stereocenters. The molecule has 21 heavy (non-hydrogen) atoms. The maximum absolute atomic E-state index is 6.14. The summed E-state index contributed by atoms with van der Waals surface area (Å²) in [6, 6.07) is 6.08. The Morgan fingerprint density at radius 3 is 2.71 bits per heavy atom. The minimum Gasteiger partial charge on any atom is -0.369 e. The van der Waals surface area contributed by atoms with Crippen LogP contribution in [0.1, 0.15) is 37.7 Å². The zero-order valence-electron chi connectivity index (χ0n) is 12.2. The minimum atomic E-state index is 0.250. The molecule has 0 aliphatic heterocycles. The maximum Gasteiger partial charge on any atom is 0.200 e. The highest BCUT2D eigenvalue weighted by atomic mass is 35.5. The second kappa shape index (κ2) is 7.61. The Morgan fingerprint density at radius 1 is 1.33 bits per heavy atom. The Bertz CT molecular complexity index is 518. The van der Waals surface area contributed by atoms with E-state index in [-0.39, 0.29) is 5.96 Å². The Morgan fingerprint density at radius 2 is 2.05 bits per heavy atom. The van der Waals surface area contributed by atoms with Crippen molar-refractivity contribution in [2.24, 2.45) is 10.7 Å². The Kier molecular flexibility index (Phi) is 5.82. The number of hydrogen-bond acceptors (Lipinski definition) is 1. The molecule has 4 N–H and O–H groups in total. The summed E-state index contributed by atoms with van der Waals surface area (Å²) in [5.74, 6) is 0.250. The number of nitrogens with one attached hydrogen (secondary N) is 2. The fourth-order valence-corrected chi connectivity index (χ4v) is 3.04. The Labute approximate surface area is 136 Å². The van der Waals surface area contributed by atoms with Crippen LogP contribution in [0.3, 0.4) is 0 Å². The molecule has 6 heteroatoms. The van der Waals surface area contributed by atoms with Gasteiger partial charge < -0.3 is 16.4 Å². The molecular formula is C15H21ClN4S. The normalized spacial score (nSPS) is 16.6. The zero-order valence-corrected chi connectivity index (χ0v) is 13.7. The molecule has 1 saturated carbocycles. The summed E-state index contributed by atoms with van der Waals surface area (Å²) in [6.07, 6.45) is 6.09. The molecule has 0 unspecified atom stereocenters. The summed E-state index contributed by atoms with van der Waals surface area (Å²) in [6.45, 7) is 1.96. The van der Waals surface area contributed by atoms with Crippen molar-refractivity contribution in [1.29, 1.82) is 0 Å². The van der Waals surface area contributed by atoms with Gasteiger partial charge >= 0.3 is 0 Å². The van der Waals surface area contributed by atoms with Gasteiger partial charge in [-0.2, -0.15) is 4.99 Å². The summed E-state index contributed by atoms with van der Waals surface area (Å²) < 4.78 is 0. The largest absolute Gasteiger partial charge is 0.369 e. The summed E-state index contributed by atoms with van der Waals surface area (Å²) in [5, 5.41) is 7.31. The van der Waals surface area contributed by atoms with E-state index >= 15 is 0 Å². The molecule has 1 fully saturated rings. The Balaban J connectivity index is 1.95. The number of para-hydroxylation sites is 1. The maximum atomic E-state index is 6.14. The Hall–Kier alpha value is -1.33. The molecule has 4 nitrogen and oxygen atoms in total. The summed E-state index contributed by atoms with van der Waals surface area (Å²) in [5.41, 5.74) is 7.67. The van der Waals surface area contributed by atoms with Gasteiger partial charge in [-0.1, -0.05) is 43.0 Å². The molecule has 0 amide bonds. The minimum absolute atomic E-state index is 0.250. The number of rotatable bonds is 2. The highest BCUT2D eigenvalue weighted by Gasteiger charge is 2.14. The van der Waals surface area contributed by atoms with Crippen molar-refractivity contribution in [3.8, 4) is 0 Å². The van der Waals surface area contributed by atoms with Crippen molar-refractivity contribution in [2.75, 3.05) is 5.32 Å². The smallest absolute Gasteiger partial charge is 0.200 e. The van der Waals surface area contributed by atoms with Gasteiger partial charge in [0.2, 0.25) is 5.96 Å². The lowest BCUT2D eigenvalue weighted by Crippen LogP contribution is -2.36. The van der Waals surface area contributed by atoms with Crippen molar-refractivity contribution in [3.63, 3.8) is 0 Å². The highest BCUT2D eigenvalue weighted by molar-refractivity contribution is 7.80. The summed E-state index contributed by atoms with van der Waals surface area (Å²) in [4.78, 5) is 4.19. The third-order valence-corrected chi connectivity index (χ3v) is 4.15. The molecule has 1 aliphatic carbocycles. The van der Waals surface area contributed by atoms with Gasteiger partial charge in [0.25, 0.3) is 0 Å². The number of guanidine groups is 1. The van der Waals surface area contributed by atoms with Gasteiger partial charge in [-0.15, -0.1) is 0 Å². The molecule has 1 aromatic rings. The van der Waals surface area contributed by atoms with E-state index in [1.807, 2.05) is 25.1 Å². The number of nitrogens with zero attached hydrogens (tertiary/aromatic N) is 1. The zero-order chi connectivity index (χ0) is 15.2. The van der Waals surface area contributed by atoms with Crippen LogP contribution in [0.2, 0.25) is 5.02 Å². The van der Waals surface area contributed by atoms with E-state index < -0.39 is 0 Å². The van der Waals surface area contributed by atoms with E-state index in [1.54, 1.807) is 0 Å². The SMILES string of the molecule is Cc1cccc(Cl)c1N/C(N)=N/C(=S)NC1CCCCC1. The number of aryl methyl sites for hydroxylation is 1. The van der Waals surface area contributed by atoms with E-state index in [0.717, 1.165) is 24.1 Å². The topological polar surface area (TPSA) is 62.4 Å². The van der Waals surface area contributed by atoms with Crippen molar-refractivity contribution >= 4 is 40.6 Å². The number of aliphatic imine (C=N–C) groups is 1. The molecule has 0 radical (unpaired) electrons. The van der Waals surface area contributed by atoms with Crippen molar-refractivity contribution in [2.45, 2.75) is 45.1 Å². The second-order valence-corrected chi connectivity index (χ2v) is 6.13. The molecule has 0 bridgehead atoms. The monoisotopic (exact) mass is 324 g/mol. The van der Waals surface area contributed by atoms with Crippen LogP contribution in [-0.4, -0.2) is 17.1 Å². The van der Waals surface area contributed by atoms with Crippen LogP contribution in [0, 0.1) is 6.92 Å². The lowest BCUT2D eigenvalue weighted by molar-refractivity contribution is 0.414. The van der Waals surface area contributed by atoms with Crippen molar-refractivity contribution in [1.82, 2.24) is 5.32 Å². The van der Waals surface area contributed by atoms with Gasteiger partial charge in [0.1, 0.15) is 0 Å². The van der Waals surface area contributed by atoms with Gasteiger partial charge in [-0.25, -0.2) is 0 Å². The predicted octanol–water partition coefficient (Wildman–Crippen LogP) is 3.58. The number of anilines is 1. The molecule has 1 aliphatic rings. The average molecular weight is 325 g/mol. The first kappa shape index (κ1) is 16.0. The fraction of sp³-hybridized carbons (Fsp3) is 0.467. The number of nitrogens with two attached hydrogens (primary N) is 1. The first-order chi connectivity index (χ1) is 10.1. The van der Waals surface area contributed by atoms with Crippen LogP contribution in [-0.2, 0) is 0 Å². The van der Waals surface area contributed by atoms with E-state index in [2.05, 4.69) is 15.6 Å². The number of thiocarbonyl (C=S) groups is 1. The average Bonchev–Trinajstić information content (AvgIpc) is 2.44. The van der Waals surface area contributed by atoms with Crippen LogP contribution in [0.5, 0.6) is 0 Å². The third kappa shape index (κ3) is 4.86. The van der Waals surface area contributed by atoms with Crippen molar-refractivity contribution in [3.05, 3.63) is 28.8 Å². The number of halogens is 1. The van der Waals surface area contributed by atoms with E-state index in [4.69, 9.17) is 29.6 Å². The third-order valence-electron chi connectivity index (χ3n) is 3.63. The van der Waals surface area contributed by atoms with Crippen LogP contribution in [0.4, 0.5) is 5.69 Å². The van der Waals surface area contributed by atoms with Gasteiger partial charge in [-0.3, -0.25) is 0 Å². The number of benzene rings is 1. The van der Waals surface area contributed by atoms with E-state index in [9.17, 15) is 0 Å². The van der Waals surface area contributed by atoms with E-state index in [1.165, 1.54) is 19.3 Å². The standard InChI is InChI=1S/C15H21ClN4S/c1-10-6-5-9-12(16)13(10)19-14(17)20-15(21)18-11-7-3-2-4-8-11/h5-6,9,11H,2-4,7-8H2,1H3,(H4,17,18,19,20,21). The lowest BCUT2D eigenvalue weighted by atomic mass is 9.96. The highest BCUT2D eigenvalue weighted by Crippen LogP contribution is 2.24. The molecule has 0 spiro atoms. The van der Waals surface area contributed by atoms with Crippen LogP contribution >= 0.6 is 23.8 Å². The molecule has 114 valence electrons. The van der Waals surface area contributed by atoms with Gasteiger partial charge in [-0.05, 0) is 43.6 Å². The first-order valence-electron chi connectivity index (χ1n) is 7.23. The molecular weight excluding hydrogens is 304 g/mol. The van der Waals surface area contributed by atoms with Gasteiger partial charge in [0.05, 0.1) is 10.7 Å². The van der Waals surface area contributed by atoms with Gasteiger partial charge in [0, 0.05) is 6.04 Å². The van der Waals surface area contributed by atoms with E-state index in [0.29, 0.717) is 16.2 Å². The molecule has 0 saturated heterocycles. The number of hydrogen-bond donors (Lipinski definition) is 3. The predicted molar refractivity (Wildman–Crippen MR) is 94.0 cm³/mol. The van der Waals surface area contributed by atoms with Crippen molar-refractivity contribution < 1.29 is 0 Å². The fourth-order valence-electron chi connectivity index (χ4n) is 2.51. The molecule has 1 aromatic carbocycles. The molecule has 0 aromatic heterocycles.